The van der Waals surface area contributed by atoms with E-state index in [-0.39, 0.29) is 5.92 Å². The maximum absolute atomic E-state index is 10.3. The van der Waals surface area contributed by atoms with Crippen LogP contribution in [0.15, 0.2) is 22.7 Å². The second kappa shape index (κ2) is 6.01. The lowest BCUT2D eigenvalue weighted by Gasteiger charge is -2.26. The van der Waals surface area contributed by atoms with E-state index >= 15 is 0 Å². The minimum Gasteiger partial charge on any atom is -0.388 e. The average molecular weight is 307 g/mol. The van der Waals surface area contributed by atoms with Crippen LogP contribution in [-0.4, -0.2) is 11.7 Å². The lowest BCUT2D eigenvalue weighted by molar-refractivity contribution is 0.0861. The van der Waals surface area contributed by atoms with Gasteiger partial charge >= 0.3 is 0 Å². The first-order valence-corrected chi connectivity index (χ1v) is 6.48. The zero-order chi connectivity index (χ0) is 12.3. The monoisotopic (exact) mass is 305 g/mol. The summed E-state index contributed by atoms with van der Waals surface area (Å²) in [5.74, 6) is 0.335. The van der Waals surface area contributed by atoms with Gasteiger partial charge in [0, 0.05) is 16.0 Å². The van der Waals surface area contributed by atoms with E-state index in [1.165, 1.54) is 0 Å². The molecule has 0 aromatic heterocycles. The van der Waals surface area contributed by atoms with Gasteiger partial charge in [-0.05, 0) is 34.5 Å². The molecule has 0 radical (unpaired) electrons. The number of benzene rings is 1. The Morgan fingerprint density at radius 3 is 2.56 bits per heavy atom. The van der Waals surface area contributed by atoms with Crippen molar-refractivity contribution in [1.29, 1.82) is 0 Å². The number of halogens is 2. The molecule has 0 saturated heterocycles. The molecular formula is C12H17BrClNO. The third kappa shape index (κ3) is 2.98. The molecule has 1 aromatic carbocycles. The van der Waals surface area contributed by atoms with Crippen LogP contribution in [0.2, 0.25) is 5.02 Å². The summed E-state index contributed by atoms with van der Waals surface area (Å²) in [6.07, 6.45) is -0.616. The summed E-state index contributed by atoms with van der Waals surface area (Å²) < 4.78 is 0.797. The second-order valence-corrected chi connectivity index (χ2v) is 5.46. The van der Waals surface area contributed by atoms with Crippen LogP contribution >= 0.6 is 27.5 Å². The van der Waals surface area contributed by atoms with Gasteiger partial charge in [-0.1, -0.05) is 37.6 Å². The van der Waals surface area contributed by atoms with Gasteiger partial charge < -0.3 is 10.8 Å². The first-order chi connectivity index (χ1) is 7.49. The van der Waals surface area contributed by atoms with Crippen molar-refractivity contribution in [1.82, 2.24) is 0 Å². The number of aliphatic hydroxyl groups excluding tert-OH is 1. The highest BCUT2D eigenvalue weighted by Gasteiger charge is 2.24. The van der Waals surface area contributed by atoms with E-state index in [1.54, 1.807) is 0 Å². The average Bonchev–Trinajstić information content (AvgIpc) is 2.22. The van der Waals surface area contributed by atoms with Crippen molar-refractivity contribution < 1.29 is 5.11 Å². The normalized spacial score (nSPS) is 15.2. The molecule has 16 heavy (non-hydrogen) atoms. The summed E-state index contributed by atoms with van der Waals surface area (Å²) in [5, 5.41) is 10.8. The Hall–Kier alpha value is -0.0900. The summed E-state index contributed by atoms with van der Waals surface area (Å²) >= 11 is 9.49. The van der Waals surface area contributed by atoms with E-state index in [0.29, 0.717) is 17.5 Å². The van der Waals surface area contributed by atoms with E-state index in [0.717, 1.165) is 10.0 Å². The SMILES string of the molecule is CC(C)C(CN)C(O)c1cccc(Br)c1Cl. The van der Waals surface area contributed by atoms with Crippen molar-refractivity contribution >= 4 is 27.5 Å². The topological polar surface area (TPSA) is 46.2 Å². The van der Waals surface area contributed by atoms with E-state index in [2.05, 4.69) is 15.9 Å². The molecule has 0 heterocycles. The van der Waals surface area contributed by atoms with Crippen LogP contribution < -0.4 is 5.73 Å². The number of nitrogens with two attached hydrogens (primary N) is 1. The van der Waals surface area contributed by atoms with Gasteiger partial charge in [0.2, 0.25) is 0 Å². The Kier molecular flexibility index (Phi) is 5.25. The van der Waals surface area contributed by atoms with Gasteiger partial charge in [-0.3, -0.25) is 0 Å². The van der Waals surface area contributed by atoms with Crippen molar-refractivity contribution in [2.75, 3.05) is 6.54 Å². The second-order valence-electron chi connectivity index (χ2n) is 4.23. The lowest BCUT2D eigenvalue weighted by atomic mass is 9.86. The molecule has 3 N–H and O–H groups in total. The van der Waals surface area contributed by atoms with Crippen LogP contribution in [0.4, 0.5) is 0 Å². The number of hydrogen-bond acceptors (Lipinski definition) is 2. The maximum Gasteiger partial charge on any atom is 0.0847 e. The molecule has 1 rings (SSSR count). The van der Waals surface area contributed by atoms with E-state index < -0.39 is 6.10 Å². The molecular weight excluding hydrogens is 289 g/mol. The fraction of sp³-hybridized carbons (Fsp3) is 0.500. The number of rotatable bonds is 4. The van der Waals surface area contributed by atoms with Crippen LogP contribution in [0.5, 0.6) is 0 Å². The first kappa shape index (κ1) is 14.0. The fourth-order valence-corrected chi connectivity index (χ4v) is 2.36. The summed E-state index contributed by atoms with van der Waals surface area (Å²) in [5.41, 5.74) is 6.42. The van der Waals surface area contributed by atoms with Gasteiger partial charge in [-0.2, -0.15) is 0 Å². The van der Waals surface area contributed by atoms with Crippen molar-refractivity contribution in [3.63, 3.8) is 0 Å². The minimum absolute atomic E-state index is 0.0202. The Labute approximate surface area is 110 Å². The maximum atomic E-state index is 10.3. The molecule has 4 heteroatoms. The predicted molar refractivity (Wildman–Crippen MR) is 71.5 cm³/mol. The number of hydrogen-bond donors (Lipinski definition) is 2. The van der Waals surface area contributed by atoms with Gasteiger partial charge in [0.05, 0.1) is 11.1 Å². The number of aliphatic hydroxyl groups is 1. The molecule has 0 amide bonds. The van der Waals surface area contributed by atoms with Gasteiger partial charge in [0.15, 0.2) is 0 Å². The highest BCUT2D eigenvalue weighted by atomic mass is 79.9. The van der Waals surface area contributed by atoms with Gasteiger partial charge in [-0.25, -0.2) is 0 Å². The molecule has 2 atom stereocenters. The fourth-order valence-electron chi connectivity index (χ4n) is 1.75. The molecule has 0 saturated carbocycles. The van der Waals surface area contributed by atoms with E-state index in [1.807, 2.05) is 32.0 Å². The summed E-state index contributed by atoms with van der Waals surface area (Å²) in [6, 6.07) is 5.55. The van der Waals surface area contributed by atoms with Crippen LogP contribution in [0, 0.1) is 11.8 Å². The first-order valence-electron chi connectivity index (χ1n) is 5.31. The Balaban J connectivity index is 3.03. The van der Waals surface area contributed by atoms with Crippen LogP contribution in [0.1, 0.15) is 25.5 Å². The molecule has 0 aliphatic rings. The van der Waals surface area contributed by atoms with Crippen molar-refractivity contribution in [2.45, 2.75) is 20.0 Å². The zero-order valence-corrected chi connectivity index (χ0v) is 11.8. The van der Waals surface area contributed by atoms with Crippen molar-refractivity contribution in [3.05, 3.63) is 33.3 Å². The quantitative estimate of drug-likeness (QED) is 0.896. The largest absolute Gasteiger partial charge is 0.388 e. The molecule has 2 unspecified atom stereocenters. The smallest absolute Gasteiger partial charge is 0.0847 e. The summed E-state index contributed by atoms with van der Waals surface area (Å²) in [4.78, 5) is 0. The standard InChI is InChI=1S/C12H17BrClNO/c1-7(2)9(6-15)12(16)8-4-3-5-10(13)11(8)14/h3-5,7,9,12,16H,6,15H2,1-2H3. The van der Waals surface area contributed by atoms with Gasteiger partial charge in [0.25, 0.3) is 0 Å². The molecule has 90 valence electrons. The van der Waals surface area contributed by atoms with E-state index in [4.69, 9.17) is 17.3 Å². The van der Waals surface area contributed by atoms with Crippen LogP contribution in [0.3, 0.4) is 0 Å². The minimum atomic E-state index is -0.616. The summed E-state index contributed by atoms with van der Waals surface area (Å²) in [7, 11) is 0. The molecule has 0 fully saturated rings. The Morgan fingerprint density at radius 2 is 2.06 bits per heavy atom. The van der Waals surface area contributed by atoms with Crippen molar-refractivity contribution in [3.8, 4) is 0 Å². The highest BCUT2D eigenvalue weighted by molar-refractivity contribution is 9.10. The zero-order valence-electron chi connectivity index (χ0n) is 9.45. The van der Waals surface area contributed by atoms with Crippen molar-refractivity contribution in [2.24, 2.45) is 17.6 Å². The Bertz CT molecular complexity index is 357. The Morgan fingerprint density at radius 1 is 1.44 bits per heavy atom. The molecule has 0 aliphatic carbocycles. The third-order valence-corrected chi connectivity index (χ3v) is 4.15. The third-order valence-electron chi connectivity index (χ3n) is 2.83. The van der Waals surface area contributed by atoms with Crippen LogP contribution in [0.25, 0.3) is 0 Å². The van der Waals surface area contributed by atoms with Gasteiger partial charge in [0.1, 0.15) is 0 Å². The summed E-state index contributed by atoms with van der Waals surface area (Å²) in [6.45, 7) is 4.54. The molecule has 0 spiro atoms. The van der Waals surface area contributed by atoms with Gasteiger partial charge in [-0.15, -0.1) is 0 Å². The van der Waals surface area contributed by atoms with Crippen LogP contribution in [-0.2, 0) is 0 Å². The lowest BCUT2D eigenvalue weighted by Crippen LogP contribution is -2.26. The molecule has 2 nitrogen and oxygen atoms in total. The molecule has 0 bridgehead atoms. The highest BCUT2D eigenvalue weighted by Crippen LogP contribution is 2.35. The molecule has 0 aliphatic heterocycles. The van der Waals surface area contributed by atoms with E-state index in [9.17, 15) is 5.11 Å². The predicted octanol–water partition coefficient (Wildman–Crippen LogP) is 3.37. The molecule has 1 aromatic rings.